The molecule has 13 heavy (non-hydrogen) atoms. The quantitative estimate of drug-likeness (QED) is 0.683. The van der Waals surface area contributed by atoms with Crippen molar-refractivity contribution >= 4 is 0 Å². The van der Waals surface area contributed by atoms with Crippen molar-refractivity contribution in [3.8, 4) is 0 Å². The predicted molar refractivity (Wildman–Crippen MR) is 55.3 cm³/mol. The van der Waals surface area contributed by atoms with Crippen LogP contribution in [0.4, 0.5) is 0 Å². The Balaban J connectivity index is 2.21. The van der Waals surface area contributed by atoms with Gasteiger partial charge in [0.1, 0.15) is 0 Å². The molecule has 1 fully saturated rings. The molecule has 0 amide bonds. The van der Waals surface area contributed by atoms with E-state index in [1.54, 1.807) is 0 Å². The van der Waals surface area contributed by atoms with Crippen molar-refractivity contribution in [1.82, 2.24) is 5.48 Å². The third kappa shape index (κ3) is 3.65. The second kappa shape index (κ2) is 4.97. The fourth-order valence-corrected chi connectivity index (χ4v) is 1.89. The van der Waals surface area contributed by atoms with Gasteiger partial charge in [-0.25, -0.2) is 0 Å². The molecular weight excluding hydrogens is 162 g/mol. The first kappa shape index (κ1) is 11.0. The summed E-state index contributed by atoms with van der Waals surface area (Å²) in [6, 6.07) is 0.577. The fraction of sp³-hybridized carbons (Fsp3) is 1.00. The van der Waals surface area contributed by atoms with E-state index < -0.39 is 0 Å². The van der Waals surface area contributed by atoms with Crippen LogP contribution >= 0.6 is 0 Å². The molecule has 0 aliphatic heterocycles. The van der Waals surface area contributed by atoms with Gasteiger partial charge in [0.2, 0.25) is 0 Å². The first-order valence-electron chi connectivity index (χ1n) is 5.50. The number of nitrogens with one attached hydrogen (secondary N) is 1. The van der Waals surface area contributed by atoms with Gasteiger partial charge in [-0.15, -0.1) is 0 Å². The van der Waals surface area contributed by atoms with E-state index in [-0.39, 0.29) is 6.10 Å². The third-order valence-electron chi connectivity index (χ3n) is 3.07. The second-order valence-corrected chi connectivity index (χ2v) is 4.75. The van der Waals surface area contributed by atoms with Crippen LogP contribution in [0, 0.1) is 11.8 Å². The van der Waals surface area contributed by atoms with Crippen molar-refractivity contribution in [2.24, 2.45) is 11.8 Å². The molecule has 1 aliphatic rings. The summed E-state index contributed by atoms with van der Waals surface area (Å²) in [6.07, 6.45) is 4.14. The summed E-state index contributed by atoms with van der Waals surface area (Å²) in [4.78, 5) is 5.41. The molecule has 0 saturated heterocycles. The van der Waals surface area contributed by atoms with Gasteiger partial charge in [-0.05, 0) is 44.9 Å². The maximum absolute atomic E-state index is 5.41. The van der Waals surface area contributed by atoms with E-state index >= 15 is 0 Å². The molecule has 0 bridgehead atoms. The second-order valence-electron chi connectivity index (χ2n) is 4.75. The van der Waals surface area contributed by atoms with E-state index in [9.17, 15) is 0 Å². The monoisotopic (exact) mass is 185 g/mol. The van der Waals surface area contributed by atoms with Crippen LogP contribution in [-0.4, -0.2) is 12.1 Å². The number of rotatable bonds is 3. The van der Waals surface area contributed by atoms with Gasteiger partial charge in [-0.1, -0.05) is 13.8 Å². The van der Waals surface area contributed by atoms with E-state index in [0.29, 0.717) is 6.04 Å². The topological polar surface area (TPSA) is 21.3 Å². The van der Waals surface area contributed by atoms with Crippen molar-refractivity contribution in [2.75, 3.05) is 0 Å². The summed E-state index contributed by atoms with van der Waals surface area (Å²) in [5.41, 5.74) is 3.17. The van der Waals surface area contributed by atoms with Gasteiger partial charge in [0.05, 0.1) is 6.10 Å². The Bertz CT molecular complexity index is 147. The molecule has 1 rings (SSSR count). The Labute approximate surface area is 82.0 Å². The molecule has 1 saturated carbocycles. The lowest BCUT2D eigenvalue weighted by atomic mass is 9.79. The normalized spacial score (nSPS) is 35.3. The van der Waals surface area contributed by atoms with Crippen LogP contribution in [0.3, 0.4) is 0 Å². The Kier molecular flexibility index (Phi) is 4.20. The van der Waals surface area contributed by atoms with Crippen molar-refractivity contribution in [3.05, 3.63) is 0 Å². The molecule has 78 valence electrons. The SMILES string of the molecule is CC(C)ONC1CCC(C)C(C)C1. The molecule has 0 spiro atoms. The van der Waals surface area contributed by atoms with Gasteiger partial charge in [0, 0.05) is 6.04 Å². The van der Waals surface area contributed by atoms with Crippen molar-refractivity contribution in [2.45, 2.75) is 59.1 Å². The number of hydrogen-bond donors (Lipinski definition) is 1. The highest BCUT2D eigenvalue weighted by Crippen LogP contribution is 2.29. The molecular formula is C11H23NO. The first-order chi connectivity index (χ1) is 6.09. The first-order valence-corrected chi connectivity index (χ1v) is 5.50. The molecule has 1 N–H and O–H groups in total. The summed E-state index contributed by atoms with van der Waals surface area (Å²) >= 11 is 0. The molecule has 1 aliphatic carbocycles. The average molecular weight is 185 g/mol. The molecule has 2 nitrogen and oxygen atoms in total. The van der Waals surface area contributed by atoms with Crippen LogP contribution < -0.4 is 5.48 Å². The van der Waals surface area contributed by atoms with E-state index in [2.05, 4.69) is 33.2 Å². The molecule has 0 aromatic carbocycles. The van der Waals surface area contributed by atoms with Gasteiger partial charge in [0.15, 0.2) is 0 Å². The van der Waals surface area contributed by atoms with Gasteiger partial charge < -0.3 is 0 Å². The summed E-state index contributed by atoms with van der Waals surface area (Å²) in [5.74, 6) is 1.72. The lowest BCUT2D eigenvalue weighted by molar-refractivity contribution is -0.0396. The zero-order valence-corrected chi connectivity index (χ0v) is 9.34. The number of hydroxylamine groups is 1. The van der Waals surface area contributed by atoms with Crippen molar-refractivity contribution in [3.63, 3.8) is 0 Å². The van der Waals surface area contributed by atoms with Gasteiger partial charge in [0.25, 0.3) is 0 Å². The van der Waals surface area contributed by atoms with Crippen LogP contribution in [0.1, 0.15) is 47.0 Å². The molecule has 0 radical (unpaired) electrons. The van der Waals surface area contributed by atoms with Crippen LogP contribution in [0.15, 0.2) is 0 Å². The standard InChI is InChI=1S/C11H23NO/c1-8(2)13-12-11-6-5-9(3)10(4)7-11/h8-12H,5-7H2,1-4H3. The van der Waals surface area contributed by atoms with Crippen LogP contribution in [0.5, 0.6) is 0 Å². The van der Waals surface area contributed by atoms with Crippen molar-refractivity contribution < 1.29 is 4.84 Å². The van der Waals surface area contributed by atoms with Crippen LogP contribution in [-0.2, 0) is 4.84 Å². The molecule has 0 aromatic heterocycles. The summed E-state index contributed by atoms with van der Waals surface area (Å²) in [5, 5.41) is 0. The van der Waals surface area contributed by atoms with E-state index in [0.717, 1.165) is 11.8 Å². The minimum Gasteiger partial charge on any atom is -0.299 e. The fourth-order valence-electron chi connectivity index (χ4n) is 1.89. The van der Waals surface area contributed by atoms with Crippen molar-refractivity contribution in [1.29, 1.82) is 0 Å². The van der Waals surface area contributed by atoms with Gasteiger partial charge in [-0.2, -0.15) is 5.48 Å². The van der Waals surface area contributed by atoms with E-state index in [4.69, 9.17) is 4.84 Å². The highest BCUT2D eigenvalue weighted by Gasteiger charge is 2.24. The predicted octanol–water partition coefficient (Wildman–Crippen LogP) is 2.74. The van der Waals surface area contributed by atoms with Gasteiger partial charge in [-0.3, -0.25) is 4.84 Å². The lowest BCUT2D eigenvalue weighted by Gasteiger charge is -2.32. The molecule has 0 heterocycles. The Hall–Kier alpha value is -0.0800. The van der Waals surface area contributed by atoms with E-state index in [1.807, 2.05) is 0 Å². The zero-order valence-electron chi connectivity index (χ0n) is 9.34. The minimum absolute atomic E-state index is 0.287. The maximum atomic E-state index is 5.41. The Morgan fingerprint density at radius 1 is 1.15 bits per heavy atom. The molecule has 3 atom stereocenters. The molecule has 3 unspecified atom stereocenters. The summed E-state index contributed by atoms with van der Waals surface area (Å²) < 4.78 is 0. The molecule has 2 heteroatoms. The lowest BCUT2D eigenvalue weighted by Crippen LogP contribution is -2.37. The van der Waals surface area contributed by atoms with E-state index in [1.165, 1.54) is 19.3 Å². The smallest absolute Gasteiger partial charge is 0.0734 e. The highest BCUT2D eigenvalue weighted by molar-refractivity contribution is 4.77. The largest absolute Gasteiger partial charge is 0.299 e. The third-order valence-corrected chi connectivity index (χ3v) is 3.07. The maximum Gasteiger partial charge on any atom is 0.0734 e. The minimum atomic E-state index is 0.287. The average Bonchev–Trinajstić information content (AvgIpc) is 2.07. The highest BCUT2D eigenvalue weighted by atomic mass is 16.7. The Morgan fingerprint density at radius 2 is 1.85 bits per heavy atom. The van der Waals surface area contributed by atoms with Crippen LogP contribution in [0.25, 0.3) is 0 Å². The molecule has 0 aromatic rings. The van der Waals surface area contributed by atoms with Crippen LogP contribution in [0.2, 0.25) is 0 Å². The van der Waals surface area contributed by atoms with Gasteiger partial charge >= 0.3 is 0 Å². The number of hydrogen-bond acceptors (Lipinski definition) is 2. The summed E-state index contributed by atoms with van der Waals surface area (Å²) in [6.45, 7) is 8.81. The zero-order chi connectivity index (χ0) is 9.84. The summed E-state index contributed by atoms with van der Waals surface area (Å²) in [7, 11) is 0. The Morgan fingerprint density at radius 3 is 2.38 bits per heavy atom.